The Kier molecular flexibility index (Phi) is 3.81. The molecule has 18 heavy (non-hydrogen) atoms. The van der Waals surface area contributed by atoms with Gasteiger partial charge in [0.2, 0.25) is 0 Å². The monoisotopic (exact) mass is 253 g/mol. The predicted molar refractivity (Wildman–Crippen MR) is 71.7 cm³/mol. The number of nitriles is 1. The van der Waals surface area contributed by atoms with Gasteiger partial charge in [0.05, 0.1) is 11.6 Å². The van der Waals surface area contributed by atoms with E-state index in [1.165, 1.54) is 11.8 Å². The summed E-state index contributed by atoms with van der Waals surface area (Å²) in [6.45, 7) is 1.57. The van der Waals surface area contributed by atoms with Crippen molar-refractivity contribution in [3.8, 4) is 6.07 Å². The van der Waals surface area contributed by atoms with Gasteiger partial charge in [-0.2, -0.15) is 5.26 Å². The minimum atomic E-state index is 0.0618. The SMILES string of the molecule is CC(=O)c1ccccc1Sc1ccc(C#N)cc1. The average Bonchev–Trinajstić information content (AvgIpc) is 2.40. The lowest BCUT2D eigenvalue weighted by atomic mass is 10.1. The molecule has 2 aromatic rings. The van der Waals surface area contributed by atoms with Crippen LogP contribution >= 0.6 is 11.8 Å². The Morgan fingerprint density at radius 2 is 1.78 bits per heavy atom. The van der Waals surface area contributed by atoms with Gasteiger partial charge in [0.15, 0.2) is 5.78 Å². The second-order valence-electron chi connectivity index (χ2n) is 3.79. The van der Waals surface area contributed by atoms with Gasteiger partial charge in [0.25, 0.3) is 0 Å². The highest BCUT2D eigenvalue weighted by Crippen LogP contribution is 2.30. The first-order valence-corrected chi connectivity index (χ1v) is 6.30. The summed E-state index contributed by atoms with van der Waals surface area (Å²) in [7, 11) is 0. The lowest BCUT2D eigenvalue weighted by molar-refractivity contribution is 0.101. The Hall–Kier alpha value is -2.05. The molecule has 0 spiro atoms. The zero-order valence-corrected chi connectivity index (χ0v) is 10.7. The first kappa shape index (κ1) is 12.4. The molecule has 0 aliphatic carbocycles. The fraction of sp³-hybridized carbons (Fsp3) is 0.0667. The maximum atomic E-state index is 11.5. The molecule has 0 atom stereocenters. The first-order chi connectivity index (χ1) is 8.70. The Morgan fingerprint density at radius 1 is 1.11 bits per heavy atom. The quantitative estimate of drug-likeness (QED) is 0.779. The van der Waals surface area contributed by atoms with Crippen LogP contribution in [0, 0.1) is 11.3 Å². The Bertz CT molecular complexity index is 611. The molecule has 0 saturated heterocycles. The predicted octanol–water partition coefficient (Wildman–Crippen LogP) is 3.91. The van der Waals surface area contributed by atoms with Crippen molar-refractivity contribution in [2.24, 2.45) is 0 Å². The fourth-order valence-corrected chi connectivity index (χ4v) is 2.57. The normalized spacial score (nSPS) is 9.78. The van der Waals surface area contributed by atoms with E-state index in [0.29, 0.717) is 5.56 Å². The molecule has 0 aliphatic heterocycles. The van der Waals surface area contributed by atoms with Crippen molar-refractivity contribution in [2.45, 2.75) is 16.7 Å². The van der Waals surface area contributed by atoms with Crippen LogP contribution in [-0.2, 0) is 0 Å². The van der Waals surface area contributed by atoms with Crippen LogP contribution in [0.25, 0.3) is 0 Å². The van der Waals surface area contributed by atoms with E-state index < -0.39 is 0 Å². The van der Waals surface area contributed by atoms with Crippen LogP contribution in [0.1, 0.15) is 22.8 Å². The zero-order valence-electron chi connectivity index (χ0n) is 9.88. The molecule has 2 rings (SSSR count). The molecular formula is C15H11NOS. The summed E-state index contributed by atoms with van der Waals surface area (Å²) in [5.41, 5.74) is 1.37. The lowest BCUT2D eigenvalue weighted by Gasteiger charge is -2.06. The van der Waals surface area contributed by atoms with Crippen molar-refractivity contribution in [3.05, 3.63) is 59.7 Å². The third-order valence-corrected chi connectivity index (χ3v) is 3.56. The number of nitrogens with zero attached hydrogens (tertiary/aromatic N) is 1. The third-order valence-electron chi connectivity index (χ3n) is 2.48. The Balaban J connectivity index is 2.28. The number of ketones is 1. The van der Waals surface area contributed by atoms with Gasteiger partial charge >= 0.3 is 0 Å². The summed E-state index contributed by atoms with van der Waals surface area (Å²) in [6, 6.07) is 16.9. The number of hydrogen-bond donors (Lipinski definition) is 0. The first-order valence-electron chi connectivity index (χ1n) is 5.48. The molecule has 0 N–H and O–H groups in total. The molecule has 0 aliphatic rings. The topological polar surface area (TPSA) is 40.9 Å². The van der Waals surface area contributed by atoms with Crippen molar-refractivity contribution in [1.82, 2.24) is 0 Å². The van der Waals surface area contributed by atoms with E-state index >= 15 is 0 Å². The zero-order chi connectivity index (χ0) is 13.0. The molecule has 0 fully saturated rings. The molecule has 88 valence electrons. The summed E-state index contributed by atoms with van der Waals surface area (Å²) in [5, 5.41) is 8.73. The van der Waals surface area contributed by atoms with Gasteiger partial charge in [-0.05, 0) is 37.3 Å². The minimum absolute atomic E-state index is 0.0618. The van der Waals surface area contributed by atoms with Gasteiger partial charge < -0.3 is 0 Å². The number of carbonyl (C=O) groups excluding carboxylic acids is 1. The molecule has 2 aromatic carbocycles. The van der Waals surface area contributed by atoms with Crippen LogP contribution in [0.2, 0.25) is 0 Å². The van der Waals surface area contributed by atoms with E-state index in [9.17, 15) is 4.79 Å². The maximum Gasteiger partial charge on any atom is 0.160 e. The van der Waals surface area contributed by atoms with Gasteiger partial charge in [-0.15, -0.1) is 0 Å². The van der Waals surface area contributed by atoms with Gasteiger partial charge in [0, 0.05) is 15.4 Å². The van der Waals surface area contributed by atoms with Crippen molar-refractivity contribution in [3.63, 3.8) is 0 Å². The largest absolute Gasteiger partial charge is 0.294 e. The van der Waals surface area contributed by atoms with Crippen molar-refractivity contribution in [1.29, 1.82) is 5.26 Å². The summed E-state index contributed by atoms with van der Waals surface area (Å²) in [4.78, 5) is 13.5. The van der Waals surface area contributed by atoms with Crippen LogP contribution < -0.4 is 0 Å². The van der Waals surface area contributed by atoms with E-state index in [0.717, 1.165) is 15.4 Å². The number of rotatable bonds is 3. The lowest BCUT2D eigenvalue weighted by Crippen LogP contribution is -1.94. The van der Waals surface area contributed by atoms with Crippen LogP contribution in [0.4, 0.5) is 0 Å². The number of Topliss-reactive ketones (excluding diaryl/α,β-unsaturated/α-hetero) is 1. The number of carbonyl (C=O) groups is 1. The summed E-state index contributed by atoms with van der Waals surface area (Å²) in [6.07, 6.45) is 0. The van der Waals surface area contributed by atoms with Crippen molar-refractivity contribution < 1.29 is 4.79 Å². The van der Waals surface area contributed by atoms with Gasteiger partial charge in [-0.3, -0.25) is 4.79 Å². The molecule has 0 bridgehead atoms. The fourth-order valence-electron chi connectivity index (χ4n) is 1.57. The summed E-state index contributed by atoms with van der Waals surface area (Å²) in [5.74, 6) is 0.0618. The molecule has 0 heterocycles. The van der Waals surface area contributed by atoms with Crippen molar-refractivity contribution >= 4 is 17.5 Å². The molecule has 0 saturated carbocycles. The second-order valence-corrected chi connectivity index (χ2v) is 4.91. The standard InChI is InChI=1S/C15H11NOS/c1-11(17)14-4-2-3-5-15(14)18-13-8-6-12(10-16)7-9-13/h2-9H,1H3. The van der Waals surface area contributed by atoms with E-state index in [-0.39, 0.29) is 5.78 Å². The highest BCUT2D eigenvalue weighted by atomic mass is 32.2. The highest BCUT2D eigenvalue weighted by molar-refractivity contribution is 7.99. The van der Waals surface area contributed by atoms with E-state index in [1.807, 2.05) is 36.4 Å². The maximum absolute atomic E-state index is 11.5. The smallest absolute Gasteiger partial charge is 0.160 e. The highest BCUT2D eigenvalue weighted by Gasteiger charge is 2.07. The van der Waals surface area contributed by atoms with E-state index in [1.54, 1.807) is 19.1 Å². The minimum Gasteiger partial charge on any atom is -0.294 e. The molecule has 0 aromatic heterocycles. The van der Waals surface area contributed by atoms with E-state index in [4.69, 9.17) is 5.26 Å². The van der Waals surface area contributed by atoms with E-state index in [2.05, 4.69) is 6.07 Å². The van der Waals surface area contributed by atoms with Crippen LogP contribution in [-0.4, -0.2) is 5.78 Å². The van der Waals surface area contributed by atoms with Crippen molar-refractivity contribution in [2.75, 3.05) is 0 Å². The van der Waals surface area contributed by atoms with Gasteiger partial charge in [-0.25, -0.2) is 0 Å². The molecule has 0 radical (unpaired) electrons. The average molecular weight is 253 g/mol. The van der Waals surface area contributed by atoms with Crippen LogP contribution in [0.5, 0.6) is 0 Å². The van der Waals surface area contributed by atoms with Crippen LogP contribution in [0.15, 0.2) is 58.3 Å². The number of hydrogen-bond acceptors (Lipinski definition) is 3. The molecule has 2 nitrogen and oxygen atoms in total. The summed E-state index contributed by atoms with van der Waals surface area (Å²) >= 11 is 1.53. The molecule has 3 heteroatoms. The second kappa shape index (κ2) is 5.52. The molecule has 0 amide bonds. The molecular weight excluding hydrogens is 242 g/mol. The van der Waals surface area contributed by atoms with Gasteiger partial charge in [-0.1, -0.05) is 30.0 Å². The Morgan fingerprint density at radius 3 is 2.39 bits per heavy atom. The van der Waals surface area contributed by atoms with Crippen LogP contribution in [0.3, 0.4) is 0 Å². The Labute approximate surface area is 110 Å². The summed E-state index contributed by atoms with van der Waals surface area (Å²) < 4.78 is 0. The van der Waals surface area contributed by atoms with Gasteiger partial charge in [0.1, 0.15) is 0 Å². The third kappa shape index (κ3) is 2.79. The molecule has 0 unspecified atom stereocenters. The number of benzene rings is 2.